The maximum absolute atomic E-state index is 5.18. The Hall–Kier alpha value is -0.560. The normalized spacial score (nSPS) is 31.4. The molecule has 2 aliphatic rings. The van der Waals surface area contributed by atoms with Crippen LogP contribution in [0.5, 0.6) is 0 Å². The van der Waals surface area contributed by atoms with E-state index in [1.807, 2.05) is 0 Å². The lowest BCUT2D eigenvalue weighted by molar-refractivity contribution is 0.212. The third-order valence-electron chi connectivity index (χ3n) is 3.85. The third-order valence-corrected chi connectivity index (χ3v) is 3.85. The maximum Gasteiger partial charge on any atom is 0.0672 e. The number of allylic oxidation sites excluding steroid dienone is 3. The van der Waals surface area contributed by atoms with Crippen LogP contribution in [0.1, 0.15) is 38.5 Å². The molecule has 0 N–H and O–H groups in total. The summed E-state index contributed by atoms with van der Waals surface area (Å²) in [7, 11) is 1.79. The van der Waals surface area contributed by atoms with Crippen LogP contribution in [0.3, 0.4) is 0 Å². The molecule has 2 aliphatic carbocycles. The van der Waals surface area contributed by atoms with Gasteiger partial charge in [0.25, 0.3) is 0 Å². The molecule has 0 radical (unpaired) electrons. The summed E-state index contributed by atoms with van der Waals surface area (Å²) >= 11 is 0. The zero-order valence-corrected chi connectivity index (χ0v) is 9.74. The van der Waals surface area contributed by atoms with Crippen molar-refractivity contribution in [2.24, 2.45) is 11.8 Å². The fraction of sp³-hybridized carbons (Fsp3) is 0.714. The Morgan fingerprint density at radius 3 is 2.67 bits per heavy atom. The molecule has 0 amide bonds. The van der Waals surface area contributed by atoms with Gasteiger partial charge in [-0.25, -0.2) is 0 Å². The first-order valence-corrected chi connectivity index (χ1v) is 6.22. The Labute approximate surface area is 93.2 Å². The van der Waals surface area contributed by atoms with E-state index in [2.05, 4.69) is 18.2 Å². The van der Waals surface area contributed by atoms with Gasteiger partial charge >= 0.3 is 0 Å². The second-order valence-corrected chi connectivity index (χ2v) is 4.87. The highest BCUT2D eigenvalue weighted by molar-refractivity contribution is 5.08. The summed E-state index contributed by atoms with van der Waals surface area (Å²) in [4.78, 5) is 0. The van der Waals surface area contributed by atoms with E-state index in [1.165, 1.54) is 44.1 Å². The van der Waals surface area contributed by atoms with E-state index in [0.29, 0.717) is 0 Å². The molecule has 15 heavy (non-hydrogen) atoms. The highest BCUT2D eigenvalue weighted by Crippen LogP contribution is 2.35. The van der Waals surface area contributed by atoms with E-state index in [-0.39, 0.29) is 0 Å². The molecule has 2 rings (SSSR count). The first-order chi connectivity index (χ1) is 7.40. The quantitative estimate of drug-likeness (QED) is 0.639. The summed E-state index contributed by atoms with van der Waals surface area (Å²) in [5.41, 5.74) is 1.51. The van der Waals surface area contributed by atoms with Crippen molar-refractivity contribution < 1.29 is 4.74 Å². The highest BCUT2D eigenvalue weighted by Gasteiger charge is 2.23. The summed E-state index contributed by atoms with van der Waals surface area (Å²) in [5.74, 6) is 1.89. The number of rotatable bonds is 3. The lowest BCUT2D eigenvalue weighted by Crippen LogP contribution is -2.19. The smallest absolute Gasteiger partial charge is 0.0672 e. The lowest BCUT2D eigenvalue weighted by Gasteiger charge is -2.30. The Bertz CT molecular complexity index is 252. The van der Waals surface area contributed by atoms with Crippen molar-refractivity contribution in [1.29, 1.82) is 0 Å². The minimum Gasteiger partial charge on any atom is -0.380 e. The van der Waals surface area contributed by atoms with E-state index >= 15 is 0 Å². The molecule has 0 fully saturated rings. The molecule has 0 bridgehead atoms. The standard InChI is InChI=1S/C14H22O/c1-15-11-12-7-9-14(10-8-12)13-5-3-2-4-6-13/h2-3,7,13-14H,4-6,8-11H2,1H3. The number of hydrogen-bond donors (Lipinski definition) is 0. The lowest BCUT2D eigenvalue weighted by atomic mass is 9.76. The van der Waals surface area contributed by atoms with Crippen molar-refractivity contribution in [2.75, 3.05) is 13.7 Å². The molecule has 0 heterocycles. The van der Waals surface area contributed by atoms with Gasteiger partial charge in [0.1, 0.15) is 0 Å². The summed E-state index contributed by atoms with van der Waals surface area (Å²) in [5, 5.41) is 0. The van der Waals surface area contributed by atoms with Crippen molar-refractivity contribution in [3.05, 3.63) is 23.8 Å². The molecule has 84 valence electrons. The Kier molecular flexibility index (Phi) is 4.01. The predicted molar refractivity (Wildman–Crippen MR) is 63.8 cm³/mol. The topological polar surface area (TPSA) is 9.23 Å². The second kappa shape index (κ2) is 5.50. The Balaban J connectivity index is 1.84. The van der Waals surface area contributed by atoms with Gasteiger partial charge in [-0.1, -0.05) is 18.2 Å². The van der Waals surface area contributed by atoms with Crippen LogP contribution >= 0.6 is 0 Å². The van der Waals surface area contributed by atoms with Gasteiger partial charge in [0, 0.05) is 7.11 Å². The zero-order chi connectivity index (χ0) is 10.5. The number of hydrogen-bond acceptors (Lipinski definition) is 1. The van der Waals surface area contributed by atoms with Crippen LogP contribution in [-0.4, -0.2) is 13.7 Å². The van der Waals surface area contributed by atoms with Gasteiger partial charge in [-0.2, -0.15) is 0 Å². The van der Waals surface area contributed by atoms with Gasteiger partial charge in [0.2, 0.25) is 0 Å². The van der Waals surface area contributed by atoms with Gasteiger partial charge in [-0.05, 0) is 55.9 Å². The van der Waals surface area contributed by atoms with Crippen LogP contribution in [0.4, 0.5) is 0 Å². The summed E-state index contributed by atoms with van der Waals surface area (Å²) < 4.78 is 5.18. The van der Waals surface area contributed by atoms with E-state index in [1.54, 1.807) is 7.11 Å². The zero-order valence-electron chi connectivity index (χ0n) is 9.74. The summed E-state index contributed by atoms with van der Waals surface area (Å²) in [6.07, 6.45) is 15.1. The number of methoxy groups -OCH3 is 1. The molecule has 1 nitrogen and oxygen atoms in total. The Morgan fingerprint density at radius 1 is 1.20 bits per heavy atom. The molecule has 0 spiro atoms. The molecule has 0 saturated carbocycles. The van der Waals surface area contributed by atoms with Crippen LogP contribution in [0.15, 0.2) is 23.8 Å². The fourth-order valence-corrected chi connectivity index (χ4v) is 2.90. The van der Waals surface area contributed by atoms with Gasteiger partial charge in [-0.15, -0.1) is 0 Å². The highest BCUT2D eigenvalue weighted by atomic mass is 16.5. The van der Waals surface area contributed by atoms with Crippen LogP contribution in [0, 0.1) is 11.8 Å². The number of ether oxygens (including phenoxy) is 1. The van der Waals surface area contributed by atoms with Crippen LogP contribution < -0.4 is 0 Å². The van der Waals surface area contributed by atoms with Crippen molar-refractivity contribution in [3.63, 3.8) is 0 Å². The molecule has 0 aliphatic heterocycles. The first kappa shape index (κ1) is 10.9. The van der Waals surface area contributed by atoms with Crippen molar-refractivity contribution in [1.82, 2.24) is 0 Å². The van der Waals surface area contributed by atoms with E-state index in [0.717, 1.165) is 18.4 Å². The molecular weight excluding hydrogens is 184 g/mol. The average molecular weight is 206 g/mol. The van der Waals surface area contributed by atoms with Crippen LogP contribution in [0.25, 0.3) is 0 Å². The largest absolute Gasteiger partial charge is 0.380 e. The van der Waals surface area contributed by atoms with Crippen molar-refractivity contribution in [3.8, 4) is 0 Å². The van der Waals surface area contributed by atoms with Gasteiger partial charge in [0.15, 0.2) is 0 Å². The molecule has 0 aromatic carbocycles. The molecular formula is C14H22O. The maximum atomic E-state index is 5.18. The third kappa shape index (κ3) is 2.94. The Morgan fingerprint density at radius 2 is 2.07 bits per heavy atom. The average Bonchev–Trinajstić information content (AvgIpc) is 2.32. The van der Waals surface area contributed by atoms with Crippen molar-refractivity contribution in [2.45, 2.75) is 38.5 Å². The summed E-state index contributed by atoms with van der Waals surface area (Å²) in [6.45, 7) is 0.845. The molecule has 0 aromatic rings. The van der Waals surface area contributed by atoms with E-state index < -0.39 is 0 Å². The SMILES string of the molecule is COCC1=CCC(C2CC=CCC2)CC1. The van der Waals surface area contributed by atoms with Crippen molar-refractivity contribution >= 4 is 0 Å². The first-order valence-electron chi connectivity index (χ1n) is 6.22. The molecule has 0 aromatic heterocycles. The predicted octanol–water partition coefficient (Wildman–Crippen LogP) is 3.72. The van der Waals surface area contributed by atoms with E-state index in [9.17, 15) is 0 Å². The molecule has 1 heteroatoms. The van der Waals surface area contributed by atoms with Gasteiger partial charge < -0.3 is 4.74 Å². The summed E-state index contributed by atoms with van der Waals surface area (Å²) in [6, 6.07) is 0. The molecule has 2 atom stereocenters. The van der Waals surface area contributed by atoms with Crippen LogP contribution in [-0.2, 0) is 4.74 Å². The minimum absolute atomic E-state index is 0.845. The van der Waals surface area contributed by atoms with E-state index in [4.69, 9.17) is 4.74 Å². The molecule has 2 unspecified atom stereocenters. The van der Waals surface area contributed by atoms with Gasteiger partial charge in [0.05, 0.1) is 6.61 Å². The van der Waals surface area contributed by atoms with Crippen LogP contribution in [0.2, 0.25) is 0 Å². The minimum atomic E-state index is 0.845. The fourth-order valence-electron chi connectivity index (χ4n) is 2.90. The van der Waals surface area contributed by atoms with Gasteiger partial charge in [-0.3, -0.25) is 0 Å². The monoisotopic (exact) mass is 206 g/mol. The molecule has 0 saturated heterocycles. The second-order valence-electron chi connectivity index (χ2n) is 4.87.